The normalized spacial score (nSPS) is 23.5. The molecule has 3 aliphatic heterocycles. The number of aliphatic hydroxyl groups excluding tert-OH is 1. The number of nitrogens with zero attached hydrogens (tertiary/aromatic N) is 4. The molecule has 7 rings (SSSR count). The topological polar surface area (TPSA) is 113 Å². The Labute approximate surface area is 239 Å². The third kappa shape index (κ3) is 4.27. The third-order valence-electron chi connectivity index (χ3n) is 8.71. The van der Waals surface area contributed by atoms with Crippen LogP contribution < -0.4 is 14.8 Å². The fourth-order valence-electron chi connectivity index (χ4n) is 6.77. The molecule has 0 bridgehead atoms. The molecule has 0 saturated carbocycles. The molecule has 9 nitrogen and oxygen atoms in total. The summed E-state index contributed by atoms with van der Waals surface area (Å²) >= 11 is 0. The van der Waals surface area contributed by atoms with Crippen LogP contribution in [0.4, 0.5) is 19.0 Å². The molecule has 2 aromatic carbocycles. The van der Waals surface area contributed by atoms with E-state index in [1.807, 2.05) is 0 Å². The minimum Gasteiger partial charge on any atom is -0.508 e. The van der Waals surface area contributed by atoms with Crippen LogP contribution in [0.1, 0.15) is 31.7 Å². The Balaban J connectivity index is 1.41. The maximum Gasteiger partial charge on any atom is 0.319 e. The second-order valence-corrected chi connectivity index (χ2v) is 11.3. The largest absolute Gasteiger partial charge is 0.508 e. The minimum atomic E-state index is -0.941. The van der Waals surface area contributed by atoms with E-state index < -0.39 is 29.4 Å². The van der Waals surface area contributed by atoms with Crippen LogP contribution in [0.2, 0.25) is 0 Å². The number of aliphatic hydroxyl groups is 1. The number of nitrogens with one attached hydrogen (secondary N) is 1. The van der Waals surface area contributed by atoms with Crippen molar-refractivity contribution in [3.8, 4) is 28.9 Å². The smallest absolute Gasteiger partial charge is 0.319 e. The molecule has 3 atom stereocenters. The second-order valence-electron chi connectivity index (χ2n) is 11.3. The molecule has 5 heterocycles. The van der Waals surface area contributed by atoms with E-state index in [0.29, 0.717) is 35.7 Å². The fraction of sp³-hybridized carbons (Fsp3) is 0.433. The van der Waals surface area contributed by atoms with Crippen LogP contribution >= 0.6 is 0 Å². The summed E-state index contributed by atoms with van der Waals surface area (Å²) in [5, 5.41) is 24.6. The lowest BCUT2D eigenvalue weighted by molar-refractivity contribution is 0.107. The first kappa shape index (κ1) is 27.0. The number of fused-ring (bicyclic) bond motifs is 2. The molecule has 2 saturated heterocycles. The van der Waals surface area contributed by atoms with Gasteiger partial charge in [-0.3, -0.25) is 4.90 Å². The lowest BCUT2D eigenvalue weighted by Gasteiger charge is -2.30. The second kappa shape index (κ2) is 10.1. The third-order valence-corrected chi connectivity index (χ3v) is 8.71. The SMILES string of the molecule is CCc1c(F)ccc2cc(O)cc(-c3nc4c5c(nc(OC[C@@]67CCCN6C[C@H](F)C7)nc5c3F)N[C@H](CO)CO4)c12. The van der Waals surface area contributed by atoms with E-state index in [-0.39, 0.29) is 65.4 Å². The number of aryl methyl sites for hydroxylation is 1. The van der Waals surface area contributed by atoms with Crippen LogP contribution in [0.3, 0.4) is 0 Å². The predicted octanol–water partition coefficient (Wildman–Crippen LogP) is 4.51. The maximum absolute atomic E-state index is 16.6. The van der Waals surface area contributed by atoms with E-state index in [0.717, 1.165) is 19.4 Å². The molecule has 4 aromatic rings. The molecule has 0 radical (unpaired) electrons. The first-order chi connectivity index (χ1) is 20.3. The minimum absolute atomic E-state index is 0.00179. The lowest BCUT2D eigenvalue weighted by Crippen LogP contribution is -2.43. The highest BCUT2D eigenvalue weighted by Crippen LogP contribution is 2.43. The van der Waals surface area contributed by atoms with Crippen molar-refractivity contribution in [3.05, 3.63) is 41.5 Å². The molecule has 42 heavy (non-hydrogen) atoms. The molecule has 3 aliphatic rings. The zero-order valence-corrected chi connectivity index (χ0v) is 23.0. The van der Waals surface area contributed by atoms with Gasteiger partial charge in [0.05, 0.1) is 18.2 Å². The number of pyridine rings is 1. The van der Waals surface area contributed by atoms with E-state index in [1.54, 1.807) is 6.92 Å². The Hall–Kier alpha value is -3.90. The van der Waals surface area contributed by atoms with Gasteiger partial charge in [-0.05, 0) is 60.3 Å². The predicted molar refractivity (Wildman–Crippen MR) is 150 cm³/mol. The molecule has 0 aliphatic carbocycles. The number of aromatic hydroxyl groups is 1. The number of rotatable bonds is 6. The zero-order chi connectivity index (χ0) is 29.2. The van der Waals surface area contributed by atoms with Gasteiger partial charge in [0.1, 0.15) is 53.4 Å². The summed E-state index contributed by atoms with van der Waals surface area (Å²) in [5.74, 6) is -1.23. The monoisotopic (exact) mass is 581 g/mol. The number of phenolic OH excluding ortho intramolecular Hbond substituents is 1. The first-order valence-corrected chi connectivity index (χ1v) is 14.2. The summed E-state index contributed by atoms with van der Waals surface area (Å²) in [7, 11) is 0. The Morgan fingerprint density at radius 3 is 2.86 bits per heavy atom. The van der Waals surface area contributed by atoms with Crippen LogP contribution in [0, 0.1) is 11.6 Å². The standard InChI is InChI=1S/C30H30F3N5O4/c1-2-19-21(32)5-4-15-8-18(40)9-20(22(15)19)25-24(33)26-23-27(34-17(12-39)13-41-28(23)35-25)37-29(36-26)42-14-30-6-3-7-38(30)11-16(31)10-30/h4-5,8-9,16-17,39-40H,2-3,6-7,10-14H2,1H3,(H,34,36,37)/t16-,17-,30+/m1/s1. The average Bonchev–Trinajstić information content (AvgIpc) is 3.43. The van der Waals surface area contributed by atoms with Gasteiger partial charge in [-0.15, -0.1) is 0 Å². The highest BCUT2D eigenvalue weighted by atomic mass is 19.1. The van der Waals surface area contributed by atoms with E-state index in [2.05, 4.69) is 25.2 Å². The molecule has 0 amide bonds. The van der Waals surface area contributed by atoms with Gasteiger partial charge in [0, 0.05) is 18.5 Å². The molecular weight excluding hydrogens is 551 g/mol. The highest BCUT2D eigenvalue weighted by molar-refractivity contribution is 6.03. The van der Waals surface area contributed by atoms with Gasteiger partial charge in [0.15, 0.2) is 5.82 Å². The van der Waals surface area contributed by atoms with E-state index in [4.69, 9.17) is 9.47 Å². The highest BCUT2D eigenvalue weighted by Gasteiger charge is 2.49. The molecule has 2 aromatic heterocycles. The quantitative estimate of drug-likeness (QED) is 0.303. The Morgan fingerprint density at radius 1 is 1.19 bits per heavy atom. The fourth-order valence-corrected chi connectivity index (χ4v) is 6.77. The van der Waals surface area contributed by atoms with Crippen LogP contribution in [-0.2, 0) is 6.42 Å². The molecule has 220 valence electrons. The molecular formula is C30H30F3N5O4. The van der Waals surface area contributed by atoms with E-state index in [1.165, 1.54) is 24.3 Å². The summed E-state index contributed by atoms with van der Waals surface area (Å²) in [5.41, 5.74) is -0.270. The Morgan fingerprint density at radius 2 is 2.05 bits per heavy atom. The van der Waals surface area contributed by atoms with E-state index >= 15 is 4.39 Å². The number of benzene rings is 2. The number of alkyl halides is 1. The van der Waals surface area contributed by atoms with Crippen LogP contribution in [0.15, 0.2) is 24.3 Å². The van der Waals surface area contributed by atoms with Crippen molar-refractivity contribution in [3.63, 3.8) is 0 Å². The molecule has 0 unspecified atom stereocenters. The molecule has 12 heteroatoms. The molecule has 0 spiro atoms. The number of halogens is 3. The maximum atomic E-state index is 16.6. The first-order valence-electron chi connectivity index (χ1n) is 14.2. The number of phenols is 1. The van der Waals surface area contributed by atoms with Crippen molar-refractivity contribution in [2.75, 3.05) is 38.2 Å². The summed E-state index contributed by atoms with van der Waals surface area (Å²) in [6.45, 7) is 2.78. The molecule has 2 fully saturated rings. The van der Waals surface area contributed by atoms with Gasteiger partial charge in [-0.25, -0.2) is 18.2 Å². The number of hydrogen-bond donors (Lipinski definition) is 3. The summed E-state index contributed by atoms with van der Waals surface area (Å²) in [4.78, 5) is 15.5. The number of anilines is 1. The van der Waals surface area contributed by atoms with Gasteiger partial charge >= 0.3 is 6.01 Å². The van der Waals surface area contributed by atoms with Gasteiger partial charge in [0.25, 0.3) is 0 Å². The van der Waals surface area contributed by atoms with Crippen molar-refractivity contribution in [1.29, 1.82) is 0 Å². The average molecular weight is 582 g/mol. The van der Waals surface area contributed by atoms with Gasteiger partial charge in [-0.2, -0.15) is 9.97 Å². The summed E-state index contributed by atoms with van der Waals surface area (Å²) in [6.07, 6.45) is 1.44. The van der Waals surface area contributed by atoms with Crippen molar-refractivity contribution < 1.29 is 32.9 Å². The van der Waals surface area contributed by atoms with Crippen LogP contribution in [0.5, 0.6) is 17.6 Å². The number of hydrogen-bond acceptors (Lipinski definition) is 9. The van der Waals surface area contributed by atoms with Crippen LogP contribution in [0.25, 0.3) is 32.9 Å². The van der Waals surface area contributed by atoms with E-state index in [9.17, 15) is 19.0 Å². The van der Waals surface area contributed by atoms with Crippen LogP contribution in [-0.4, -0.2) is 80.7 Å². The zero-order valence-electron chi connectivity index (χ0n) is 23.0. The lowest BCUT2D eigenvalue weighted by atomic mass is 9.94. The van der Waals surface area contributed by atoms with Gasteiger partial charge in [-0.1, -0.05) is 13.0 Å². The summed E-state index contributed by atoms with van der Waals surface area (Å²) < 4.78 is 57.8. The van der Waals surface area contributed by atoms with Crippen molar-refractivity contribution in [2.24, 2.45) is 0 Å². The van der Waals surface area contributed by atoms with Crippen molar-refractivity contribution in [1.82, 2.24) is 19.9 Å². The number of aromatic nitrogens is 3. The summed E-state index contributed by atoms with van der Waals surface area (Å²) in [6, 6.07) is 4.98. The Bertz CT molecular complexity index is 1720. The molecule has 3 N–H and O–H groups in total. The van der Waals surface area contributed by atoms with Crippen molar-refractivity contribution >= 4 is 27.5 Å². The Kier molecular flexibility index (Phi) is 6.50. The number of ether oxygens (including phenoxy) is 2. The van der Waals surface area contributed by atoms with Gasteiger partial charge in [0.2, 0.25) is 5.88 Å². The van der Waals surface area contributed by atoms with Gasteiger partial charge < -0.3 is 25.0 Å². The van der Waals surface area contributed by atoms with Crippen molar-refractivity contribution in [2.45, 2.75) is 50.4 Å².